The monoisotopic (exact) mass is 338 g/mol. The number of hydrogen-bond acceptors (Lipinski definition) is 3. The SMILES string of the molecule is Cc1cc(CCNC2=NCCS2)cc(Cc2cccc(C)c2C)c1. The number of benzene rings is 2. The van der Waals surface area contributed by atoms with Crippen LogP contribution in [0, 0.1) is 20.8 Å². The topological polar surface area (TPSA) is 24.4 Å². The van der Waals surface area contributed by atoms with E-state index in [9.17, 15) is 0 Å². The zero-order chi connectivity index (χ0) is 16.9. The van der Waals surface area contributed by atoms with Crippen LogP contribution in [0.25, 0.3) is 0 Å². The fraction of sp³-hybridized carbons (Fsp3) is 0.381. The Hall–Kier alpha value is -1.74. The lowest BCUT2D eigenvalue weighted by molar-refractivity contribution is 0.869. The first-order valence-electron chi connectivity index (χ1n) is 8.67. The molecule has 1 aliphatic rings. The van der Waals surface area contributed by atoms with E-state index in [0.29, 0.717) is 0 Å². The molecule has 3 heteroatoms. The number of aliphatic imine (C=N–C) groups is 1. The van der Waals surface area contributed by atoms with Gasteiger partial charge in [0.2, 0.25) is 0 Å². The van der Waals surface area contributed by atoms with E-state index in [0.717, 1.165) is 36.9 Å². The predicted molar refractivity (Wildman–Crippen MR) is 106 cm³/mol. The molecule has 0 atom stereocenters. The highest BCUT2D eigenvalue weighted by molar-refractivity contribution is 8.14. The number of nitrogens with zero attached hydrogens (tertiary/aromatic N) is 1. The summed E-state index contributed by atoms with van der Waals surface area (Å²) in [5, 5.41) is 4.56. The maximum Gasteiger partial charge on any atom is 0.156 e. The van der Waals surface area contributed by atoms with Crippen LogP contribution in [0.1, 0.15) is 33.4 Å². The summed E-state index contributed by atoms with van der Waals surface area (Å²) in [5.74, 6) is 1.12. The Kier molecular flexibility index (Phi) is 5.62. The molecule has 126 valence electrons. The average molecular weight is 339 g/mol. The molecule has 0 saturated heterocycles. The number of nitrogens with one attached hydrogen (secondary N) is 1. The molecular formula is C21H26N2S. The van der Waals surface area contributed by atoms with E-state index in [1.54, 1.807) is 0 Å². The predicted octanol–water partition coefficient (Wildman–Crippen LogP) is 4.44. The Labute approximate surface area is 149 Å². The average Bonchev–Trinajstić information content (AvgIpc) is 3.05. The van der Waals surface area contributed by atoms with Crippen LogP contribution >= 0.6 is 11.8 Å². The molecule has 2 nitrogen and oxygen atoms in total. The minimum Gasteiger partial charge on any atom is -0.365 e. The third kappa shape index (κ3) is 4.41. The van der Waals surface area contributed by atoms with E-state index in [1.165, 1.54) is 33.4 Å². The van der Waals surface area contributed by atoms with E-state index < -0.39 is 0 Å². The first-order valence-corrected chi connectivity index (χ1v) is 9.66. The molecule has 0 bridgehead atoms. The van der Waals surface area contributed by atoms with Crippen molar-refractivity contribution in [3.8, 4) is 0 Å². The van der Waals surface area contributed by atoms with Crippen molar-refractivity contribution in [1.82, 2.24) is 5.32 Å². The molecule has 1 N–H and O–H groups in total. The van der Waals surface area contributed by atoms with Gasteiger partial charge in [-0.05, 0) is 61.4 Å². The minimum atomic E-state index is 0.956. The number of thioether (sulfide) groups is 1. The van der Waals surface area contributed by atoms with Crippen LogP contribution in [0.2, 0.25) is 0 Å². The number of amidine groups is 1. The molecule has 0 fully saturated rings. The molecule has 3 rings (SSSR count). The van der Waals surface area contributed by atoms with Crippen molar-refractivity contribution in [1.29, 1.82) is 0 Å². The van der Waals surface area contributed by atoms with Gasteiger partial charge in [0.25, 0.3) is 0 Å². The smallest absolute Gasteiger partial charge is 0.156 e. The Bertz CT molecular complexity index is 749. The molecule has 2 aromatic rings. The summed E-state index contributed by atoms with van der Waals surface area (Å²) in [6.07, 6.45) is 2.05. The first-order chi connectivity index (χ1) is 11.6. The van der Waals surface area contributed by atoms with Crippen molar-refractivity contribution in [2.24, 2.45) is 4.99 Å². The van der Waals surface area contributed by atoms with E-state index in [-0.39, 0.29) is 0 Å². The molecule has 0 aliphatic carbocycles. The van der Waals surface area contributed by atoms with E-state index in [2.05, 4.69) is 67.5 Å². The van der Waals surface area contributed by atoms with Gasteiger partial charge >= 0.3 is 0 Å². The second kappa shape index (κ2) is 7.89. The van der Waals surface area contributed by atoms with E-state index in [1.807, 2.05) is 11.8 Å². The highest BCUT2D eigenvalue weighted by Gasteiger charge is 2.07. The Morgan fingerprint density at radius 3 is 2.71 bits per heavy atom. The van der Waals surface area contributed by atoms with E-state index in [4.69, 9.17) is 0 Å². The molecule has 1 aliphatic heterocycles. The molecule has 0 spiro atoms. The maximum atomic E-state index is 4.44. The zero-order valence-corrected chi connectivity index (χ0v) is 15.7. The summed E-state index contributed by atoms with van der Waals surface area (Å²) in [7, 11) is 0. The molecule has 24 heavy (non-hydrogen) atoms. The standard InChI is InChI=1S/C21H26N2S/c1-15-11-18(7-8-22-21-23-9-10-24-21)13-19(12-15)14-20-6-4-5-16(2)17(20)3/h4-6,11-13H,7-10,14H2,1-3H3,(H,22,23). The van der Waals surface area contributed by atoms with E-state index >= 15 is 0 Å². The van der Waals surface area contributed by atoms with Crippen molar-refractivity contribution < 1.29 is 0 Å². The highest BCUT2D eigenvalue weighted by Crippen LogP contribution is 2.19. The zero-order valence-electron chi connectivity index (χ0n) is 14.9. The van der Waals surface area contributed by atoms with Crippen LogP contribution < -0.4 is 5.32 Å². The fourth-order valence-corrected chi connectivity index (χ4v) is 3.94. The molecule has 2 aromatic carbocycles. The van der Waals surface area contributed by atoms with Gasteiger partial charge in [-0.3, -0.25) is 4.99 Å². The van der Waals surface area contributed by atoms with Crippen LogP contribution in [0.5, 0.6) is 0 Å². The van der Waals surface area contributed by atoms with Crippen molar-refractivity contribution >= 4 is 16.9 Å². The molecule has 0 radical (unpaired) electrons. The molecule has 0 amide bonds. The molecule has 0 saturated carbocycles. The van der Waals surface area contributed by atoms with Gasteiger partial charge in [-0.15, -0.1) is 0 Å². The van der Waals surface area contributed by atoms with Crippen LogP contribution in [0.15, 0.2) is 41.4 Å². The van der Waals surface area contributed by atoms with Gasteiger partial charge in [-0.1, -0.05) is 53.7 Å². The molecule has 1 heterocycles. The van der Waals surface area contributed by atoms with Crippen molar-refractivity contribution in [3.05, 3.63) is 69.8 Å². The van der Waals surface area contributed by atoms with Crippen molar-refractivity contribution in [2.75, 3.05) is 18.8 Å². The summed E-state index contributed by atoms with van der Waals surface area (Å²) >= 11 is 1.83. The van der Waals surface area contributed by atoms with Crippen LogP contribution in [0.3, 0.4) is 0 Å². The van der Waals surface area contributed by atoms with Gasteiger partial charge < -0.3 is 5.32 Å². The van der Waals surface area contributed by atoms with Gasteiger partial charge in [0, 0.05) is 12.3 Å². The van der Waals surface area contributed by atoms with Crippen molar-refractivity contribution in [2.45, 2.75) is 33.6 Å². The van der Waals surface area contributed by atoms with Gasteiger partial charge in [-0.2, -0.15) is 0 Å². The molecule has 0 aromatic heterocycles. The molecular weight excluding hydrogens is 312 g/mol. The lowest BCUT2D eigenvalue weighted by Crippen LogP contribution is -2.21. The lowest BCUT2D eigenvalue weighted by atomic mass is 9.95. The largest absolute Gasteiger partial charge is 0.365 e. The summed E-state index contributed by atoms with van der Waals surface area (Å²) in [5.41, 5.74) is 8.39. The maximum absolute atomic E-state index is 4.44. The minimum absolute atomic E-state index is 0.956. The number of hydrogen-bond donors (Lipinski definition) is 1. The molecule has 0 unspecified atom stereocenters. The quantitative estimate of drug-likeness (QED) is 0.872. The second-order valence-electron chi connectivity index (χ2n) is 6.57. The third-order valence-electron chi connectivity index (χ3n) is 4.58. The number of rotatable bonds is 5. The first kappa shape index (κ1) is 17.1. The Balaban J connectivity index is 1.67. The van der Waals surface area contributed by atoms with Gasteiger partial charge in [0.15, 0.2) is 5.17 Å². The normalized spacial score (nSPS) is 13.9. The summed E-state index contributed by atoms with van der Waals surface area (Å²) < 4.78 is 0. The summed E-state index contributed by atoms with van der Waals surface area (Å²) in [6, 6.07) is 13.6. The summed E-state index contributed by atoms with van der Waals surface area (Å²) in [6.45, 7) is 8.53. The fourth-order valence-electron chi connectivity index (χ4n) is 3.17. The van der Waals surface area contributed by atoms with Crippen LogP contribution in [-0.4, -0.2) is 24.0 Å². The Morgan fingerprint density at radius 1 is 1.08 bits per heavy atom. The van der Waals surface area contributed by atoms with Gasteiger partial charge in [0.05, 0.1) is 6.54 Å². The van der Waals surface area contributed by atoms with Crippen molar-refractivity contribution in [3.63, 3.8) is 0 Å². The Morgan fingerprint density at radius 2 is 1.92 bits per heavy atom. The van der Waals surface area contributed by atoms with Gasteiger partial charge in [-0.25, -0.2) is 0 Å². The van der Waals surface area contributed by atoms with Gasteiger partial charge in [0.1, 0.15) is 0 Å². The highest BCUT2D eigenvalue weighted by atomic mass is 32.2. The van der Waals surface area contributed by atoms with Crippen LogP contribution in [-0.2, 0) is 12.8 Å². The van der Waals surface area contributed by atoms with Crippen LogP contribution in [0.4, 0.5) is 0 Å². The number of aryl methyl sites for hydroxylation is 2. The lowest BCUT2D eigenvalue weighted by Gasteiger charge is -2.12. The second-order valence-corrected chi connectivity index (χ2v) is 7.66. The summed E-state index contributed by atoms with van der Waals surface area (Å²) in [4.78, 5) is 4.44. The third-order valence-corrected chi connectivity index (χ3v) is 5.52.